The molecule has 0 unspecified atom stereocenters. The van der Waals surface area contributed by atoms with Crippen molar-refractivity contribution in [2.45, 2.75) is 29.2 Å². The van der Waals surface area contributed by atoms with Crippen LogP contribution in [-0.4, -0.2) is 23.2 Å². The van der Waals surface area contributed by atoms with Gasteiger partial charge in [-0.2, -0.15) is 0 Å². The van der Waals surface area contributed by atoms with E-state index >= 15 is 0 Å². The van der Waals surface area contributed by atoms with E-state index < -0.39 is 11.4 Å². The molecule has 1 fully saturated rings. The summed E-state index contributed by atoms with van der Waals surface area (Å²) < 4.78 is 0. The molecular weight excluding hydrogens is 394 g/mol. The van der Waals surface area contributed by atoms with Crippen LogP contribution in [0, 0.1) is 0 Å². The molecule has 30 heavy (non-hydrogen) atoms. The van der Waals surface area contributed by atoms with Gasteiger partial charge in [0.05, 0.1) is 17.5 Å². The summed E-state index contributed by atoms with van der Waals surface area (Å²) in [5, 5.41) is 9.29. The molecule has 0 aromatic heterocycles. The largest absolute Gasteiger partial charge is 0.478 e. The van der Waals surface area contributed by atoms with Gasteiger partial charge in [-0.05, 0) is 53.4 Å². The van der Waals surface area contributed by atoms with E-state index in [1.165, 1.54) is 22.2 Å². The minimum Gasteiger partial charge on any atom is -0.478 e. The number of rotatable bonds is 5. The lowest BCUT2D eigenvalue weighted by atomic mass is 9.92. The van der Waals surface area contributed by atoms with E-state index in [4.69, 9.17) is 0 Å². The molecule has 1 heterocycles. The van der Waals surface area contributed by atoms with Gasteiger partial charge in [-0.15, -0.1) is 0 Å². The molecule has 1 amide bonds. The van der Waals surface area contributed by atoms with Gasteiger partial charge < -0.3 is 10.0 Å². The van der Waals surface area contributed by atoms with E-state index in [9.17, 15) is 14.7 Å². The van der Waals surface area contributed by atoms with Crippen LogP contribution in [0.2, 0.25) is 0 Å². The molecular formula is C25H22NO3S+. The highest BCUT2D eigenvalue weighted by Crippen LogP contribution is 2.66. The molecule has 2 aliphatic rings. The molecule has 150 valence electrons. The van der Waals surface area contributed by atoms with Gasteiger partial charge in [-0.25, -0.2) is 4.79 Å². The number of thiol groups is 1. The average Bonchev–Trinajstić information content (AvgIpc) is 3.49. The van der Waals surface area contributed by atoms with Crippen LogP contribution in [0.3, 0.4) is 0 Å². The Kier molecular flexibility index (Phi) is 4.44. The van der Waals surface area contributed by atoms with Gasteiger partial charge in [-0.3, -0.25) is 4.79 Å². The first kappa shape index (κ1) is 18.9. The number of carboxylic acid groups (broad SMARTS) is 1. The predicted molar refractivity (Wildman–Crippen MR) is 119 cm³/mol. The van der Waals surface area contributed by atoms with Gasteiger partial charge >= 0.3 is 5.97 Å². The summed E-state index contributed by atoms with van der Waals surface area (Å²) in [5.41, 5.74) is 3.80. The summed E-state index contributed by atoms with van der Waals surface area (Å²) in [7, 11) is 0. The van der Waals surface area contributed by atoms with Crippen molar-refractivity contribution in [2.75, 3.05) is 11.2 Å². The van der Waals surface area contributed by atoms with E-state index in [1.807, 2.05) is 29.2 Å². The average molecular weight is 417 g/mol. The molecule has 3 aromatic rings. The van der Waals surface area contributed by atoms with Crippen molar-refractivity contribution in [3.8, 4) is 0 Å². The van der Waals surface area contributed by atoms with Crippen molar-refractivity contribution in [3.63, 3.8) is 0 Å². The second kappa shape index (κ2) is 7.03. The molecule has 3 aromatic carbocycles. The van der Waals surface area contributed by atoms with E-state index in [0.29, 0.717) is 6.54 Å². The Bertz CT molecular complexity index is 1160. The molecule has 1 N–H and O–H groups in total. The van der Waals surface area contributed by atoms with Crippen molar-refractivity contribution >= 4 is 29.3 Å². The highest BCUT2D eigenvalue weighted by Gasteiger charge is 2.67. The maximum Gasteiger partial charge on any atom is 0.335 e. The number of carbonyl (C=O) groups is 2. The third-order valence-electron chi connectivity index (χ3n) is 6.33. The van der Waals surface area contributed by atoms with Gasteiger partial charge in [0.25, 0.3) is 0 Å². The standard InChI is InChI=1S/C25H21NO3S/c1-30-19-11-9-17(10-12-19)21-14-25(21)20-7-2-3-8-22(20)26(24(25)29)15-16-5-4-6-18(13-16)23(27)28/h2-13,21H,14-15H2,1H3,(H,27,28)/p+1/t21-,25+/m0/s1. The van der Waals surface area contributed by atoms with Gasteiger partial charge in [0.2, 0.25) is 5.91 Å². The lowest BCUT2D eigenvalue weighted by Gasteiger charge is -2.19. The van der Waals surface area contributed by atoms with Crippen LogP contribution in [0.4, 0.5) is 5.69 Å². The quantitative estimate of drug-likeness (QED) is 0.502. The first-order valence-electron chi connectivity index (χ1n) is 9.98. The van der Waals surface area contributed by atoms with Crippen LogP contribution in [0.1, 0.15) is 39.4 Å². The zero-order valence-electron chi connectivity index (χ0n) is 16.6. The van der Waals surface area contributed by atoms with Crippen molar-refractivity contribution < 1.29 is 14.7 Å². The molecule has 5 heteroatoms. The number of para-hydroxylation sites is 1. The maximum atomic E-state index is 13.7. The Morgan fingerprint density at radius 1 is 1.10 bits per heavy atom. The fourth-order valence-electron chi connectivity index (χ4n) is 4.75. The van der Waals surface area contributed by atoms with E-state index in [-0.39, 0.29) is 17.4 Å². The molecule has 5 rings (SSSR count). The number of hydrogen-bond donors (Lipinski definition) is 1. The second-order valence-corrected chi connectivity index (χ2v) is 8.92. The maximum absolute atomic E-state index is 13.7. The van der Waals surface area contributed by atoms with Crippen molar-refractivity contribution in [3.05, 3.63) is 95.1 Å². The lowest BCUT2D eigenvalue weighted by Crippen LogP contribution is -2.32. The third-order valence-corrected chi connectivity index (χ3v) is 7.15. The van der Waals surface area contributed by atoms with Crippen LogP contribution in [0.25, 0.3) is 0 Å². The molecule has 1 aliphatic carbocycles. The number of carboxylic acids is 1. The van der Waals surface area contributed by atoms with Crippen molar-refractivity contribution in [1.82, 2.24) is 0 Å². The van der Waals surface area contributed by atoms with Crippen LogP contribution in [0.5, 0.6) is 0 Å². The SMILES string of the molecule is C[SH+]c1ccc([C@@H]2C[C@]23C(=O)N(Cc2cccc(C(=O)O)c2)c2ccccc23)cc1. The normalized spacial score (nSPS) is 21.7. The first-order chi connectivity index (χ1) is 14.5. The molecule has 1 saturated carbocycles. The number of hydrogen-bond acceptors (Lipinski definition) is 2. The third kappa shape index (κ3) is 2.84. The highest BCUT2D eigenvalue weighted by atomic mass is 32.2. The fourth-order valence-corrected chi connectivity index (χ4v) is 5.20. The van der Waals surface area contributed by atoms with Crippen LogP contribution in [0.15, 0.2) is 77.7 Å². The number of aromatic carboxylic acids is 1. The molecule has 2 atom stereocenters. The summed E-state index contributed by atoms with van der Waals surface area (Å²) in [6.07, 6.45) is 2.93. The number of nitrogens with zero attached hydrogens (tertiary/aromatic N) is 1. The van der Waals surface area contributed by atoms with Crippen molar-refractivity contribution in [2.24, 2.45) is 0 Å². The molecule has 0 saturated heterocycles. The van der Waals surface area contributed by atoms with E-state index in [2.05, 4.69) is 36.6 Å². The van der Waals surface area contributed by atoms with Gasteiger partial charge in [0.15, 0.2) is 4.90 Å². The smallest absolute Gasteiger partial charge is 0.335 e. The van der Waals surface area contributed by atoms with Gasteiger partial charge in [0.1, 0.15) is 6.26 Å². The molecule has 1 aliphatic heterocycles. The Morgan fingerprint density at radius 2 is 1.87 bits per heavy atom. The van der Waals surface area contributed by atoms with Crippen LogP contribution in [-0.2, 0) is 28.5 Å². The van der Waals surface area contributed by atoms with E-state index in [1.54, 1.807) is 18.2 Å². The first-order valence-corrected chi connectivity index (χ1v) is 11.3. The minimum atomic E-state index is -0.960. The van der Waals surface area contributed by atoms with Crippen LogP contribution >= 0.6 is 0 Å². The molecule has 4 nitrogen and oxygen atoms in total. The summed E-state index contributed by atoms with van der Waals surface area (Å²) in [6, 6.07) is 23.4. The lowest BCUT2D eigenvalue weighted by molar-refractivity contribution is -0.120. The summed E-state index contributed by atoms with van der Waals surface area (Å²) in [6.45, 7) is 0.374. The van der Waals surface area contributed by atoms with Crippen LogP contribution < -0.4 is 4.90 Å². The Hall–Kier alpha value is -3.05. The predicted octanol–water partition coefficient (Wildman–Crippen LogP) is 4.16. The Balaban J connectivity index is 1.49. The number of carbonyl (C=O) groups excluding carboxylic acids is 1. The second-order valence-electron chi connectivity index (χ2n) is 7.96. The number of amides is 1. The monoisotopic (exact) mass is 416 g/mol. The highest BCUT2D eigenvalue weighted by molar-refractivity contribution is 7.77. The Labute approximate surface area is 179 Å². The summed E-state index contributed by atoms with van der Waals surface area (Å²) in [4.78, 5) is 28.1. The molecule has 0 bridgehead atoms. The van der Waals surface area contributed by atoms with Gasteiger partial charge in [0, 0.05) is 23.4 Å². The summed E-state index contributed by atoms with van der Waals surface area (Å²) >= 11 is 1.24. The summed E-state index contributed by atoms with van der Waals surface area (Å²) in [5.74, 6) is -0.658. The minimum absolute atomic E-state index is 0.118. The molecule has 1 spiro atoms. The number of benzene rings is 3. The topological polar surface area (TPSA) is 57.6 Å². The number of anilines is 1. The van der Waals surface area contributed by atoms with E-state index in [0.717, 1.165) is 23.2 Å². The van der Waals surface area contributed by atoms with Crippen molar-refractivity contribution in [1.29, 1.82) is 0 Å². The van der Waals surface area contributed by atoms with Gasteiger partial charge in [-0.1, -0.05) is 42.5 Å². The Morgan fingerprint density at radius 3 is 2.60 bits per heavy atom. The molecule has 0 radical (unpaired) electrons. The fraction of sp³-hybridized carbons (Fsp3) is 0.200. The zero-order valence-corrected chi connectivity index (χ0v) is 17.5. The number of fused-ring (bicyclic) bond motifs is 2. The zero-order chi connectivity index (χ0) is 20.9.